The molecular weight excluding hydrogens is 220 g/mol. The van der Waals surface area contributed by atoms with Crippen molar-refractivity contribution in [3.05, 3.63) is 35.9 Å². The van der Waals surface area contributed by atoms with Crippen LogP contribution in [0.3, 0.4) is 0 Å². The smallest absolute Gasteiger partial charge is 0.0233 e. The SMILES string of the molecule is NC1(CC2CCN(Cc3ccccc3)CC2)CC1. The van der Waals surface area contributed by atoms with Gasteiger partial charge in [-0.15, -0.1) is 0 Å². The number of hydrogen-bond donors (Lipinski definition) is 1. The molecule has 0 atom stereocenters. The zero-order valence-corrected chi connectivity index (χ0v) is 11.1. The predicted molar refractivity (Wildman–Crippen MR) is 75.2 cm³/mol. The molecule has 0 spiro atoms. The van der Waals surface area contributed by atoms with Gasteiger partial charge >= 0.3 is 0 Å². The maximum atomic E-state index is 6.22. The lowest BCUT2D eigenvalue weighted by Gasteiger charge is -2.33. The highest BCUT2D eigenvalue weighted by molar-refractivity contribution is 5.14. The van der Waals surface area contributed by atoms with Gasteiger partial charge in [-0.1, -0.05) is 30.3 Å². The first-order valence-electron chi connectivity index (χ1n) is 7.29. The number of nitrogens with two attached hydrogens (primary N) is 1. The summed E-state index contributed by atoms with van der Waals surface area (Å²) in [7, 11) is 0. The summed E-state index contributed by atoms with van der Waals surface area (Å²) >= 11 is 0. The average Bonchev–Trinajstić information content (AvgIpc) is 3.11. The zero-order valence-electron chi connectivity index (χ0n) is 11.1. The van der Waals surface area contributed by atoms with E-state index in [1.165, 1.54) is 50.8 Å². The molecule has 2 aliphatic rings. The molecule has 0 bridgehead atoms. The van der Waals surface area contributed by atoms with Crippen LogP contribution in [-0.4, -0.2) is 23.5 Å². The summed E-state index contributed by atoms with van der Waals surface area (Å²) in [6.45, 7) is 3.60. The van der Waals surface area contributed by atoms with Crippen LogP contribution < -0.4 is 5.73 Å². The van der Waals surface area contributed by atoms with Crippen molar-refractivity contribution in [1.82, 2.24) is 4.90 Å². The molecule has 1 saturated heterocycles. The Morgan fingerprint density at radius 3 is 2.39 bits per heavy atom. The van der Waals surface area contributed by atoms with Gasteiger partial charge in [-0.25, -0.2) is 0 Å². The normalized spacial score (nSPS) is 24.1. The Kier molecular flexibility index (Phi) is 3.40. The van der Waals surface area contributed by atoms with Crippen molar-refractivity contribution in [2.24, 2.45) is 11.7 Å². The summed E-state index contributed by atoms with van der Waals surface area (Å²) in [6.07, 6.45) is 6.47. The van der Waals surface area contributed by atoms with E-state index >= 15 is 0 Å². The second kappa shape index (κ2) is 5.02. The third kappa shape index (κ3) is 3.12. The first-order chi connectivity index (χ1) is 8.73. The van der Waals surface area contributed by atoms with E-state index < -0.39 is 0 Å². The minimum atomic E-state index is 0.242. The highest BCUT2D eigenvalue weighted by atomic mass is 15.1. The van der Waals surface area contributed by atoms with E-state index in [1.54, 1.807) is 0 Å². The Morgan fingerprint density at radius 2 is 1.78 bits per heavy atom. The second-order valence-corrected chi connectivity index (χ2v) is 6.27. The van der Waals surface area contributed by atoms with Crippen molar-refractivity contribution >= 4 is 0 Å². The standard InChI is InChI=1S/C16H24N2/c17-16(8-9-16)12-14-6-10-18(11-7-14)13-15-4-2-1-3-5-15/h1-5,14H,6-13,17H2. The van der Waals surface area contributed by atoms with Crippen molar-refractivity contribution in [2.75, 3.05) is 13.1 Å². The monoisotopic (exact) mass is 244 g/mol. The molecule has 18 heavy (non-hydrogen) atoms. The van der Waals surface area contributed by atoms with Gasteiger partial charge in [0.25, 0.3) is 0 Å². The van der Waals surface area contributed by atoms with Crippen molar-refractivity contribution in [2.45, 2.75) is 44.2 Å². The Bertz CT molecular complexity index is 375. The number of piperidine rings is 1. The quantitative estimate of drug-likeness (QED) is 0.882. The molecule has 0 amide bonds. The Hall–Kier alpha value is -0.860. The average molecular weight is 244 g/mol. The van der Waals surface area contributed by atoms with E-state index in [1.807, 2.05) is 0 Å². The zero-order chi connectivity index (χ0) is 12.4. The lowest BCUT2D eigenvalue weighted by molar-refractivity contribution is 0.166. The van der Waals surface area contributed by atoms with E-state index in [4.69, 9.17) is 5.73 Å². The maximum absolute atomic E-state index is 6.22. The summed E-state index contributed by atoms with van der Waals surface area (Å²) in [5.74, 6) is 0.879. The van der Waals surface area contributed by atoms with Gasteiger partial charge in [-0.05, 0) is 56.7 Å². The second-order valence-electron chi connectivity index (χ2n) is 6.27. The Morgan fingerprint density at radius 1 is 1.11 bits per heavy atom. The summed E-state index contributed by atoms with van der Waals surface area (Å²) in [5.41, 5.74) is 7.90. The van der Waals surface area contributed by atoms with Crippen molar-refractivity contribution in [3.8, 4) is 0 Å². The highest BCUT2D eigenvalue weighted by Crippen LogP contribution is 2.40. The fraction of sp³-hybridized carbons (Fsp3) is 0.625. The number of rotatable bonds is 4. The molecule has 1 aromatic rings. The van der Waals surface area contributed by atoms with E-state index in [0.29, 0.717) is 0 Å². The van der Waals surface area contributed by atoms with Crippen LogP contribution >= 0.6 is 0 Å². The summed E-state index contributed by atoms with van der Waals surface area (Å²) in [6, 6.07) is 10.8. The van der Waals surface area contributed by atoms with Gasteiger partial charge in [-0.3, -0.25) is 4.90 Å². The van der Waals surface area contributed by atoms with Crippen LogP contribution in [0, 0.1) is 5.92 Å². The van der Waals surface area contributed by atoms with Gasteiger partial charge < -0.3 is 5.73 Å². The fourth-order valence-electron chi connectivity index (χ4n) is 3.13. The Balaban J connectivity index is 1.45. The van der Waals surface area contributed by atoms with Crippen LogP contribution in [0.5, 0.6) is 0 Å². The molecule has 1 heterocycles. The highest BCUT2D eigenvalue weighted by Gasteiger charge is 2.40. The molecule has 0 aromatic heterocycles. The third-order valence-electron chi connectivity index (χ3n) is 4.54. The van der Waals surface area contributed by atoms with E-state index in [9.17, 15) is 0 Å². The van der Waals surface area contributed by atoms with Gasteiger partial charge in [0.2, 0.25) is 0 Å². The maximum Gasteiger partial charge on any atom is 0.0233 e. The van der Waals surface area contributed by atoms with Crippen LogP contribution in [0.15, 0.2) is 30.3 Å². The summed E-state index contributed by atoms with van der Waals surface area (Å²) in [4.78, 5) is 2.59. The van der Waals surface area contributed by atoms with Gasteiger partial charge in [0.1, 0.15) is 0 Å². The number of nitrogens with zero attached hydrogens (tertiary/aromatic N) is 1. The molecule has 2 nitrogen and oxygen atoms in total. The molecule has 3 rings (SSSR count). The molecule has 2 heteroatoms. The first-order valence-corrected chi connectivity index (χ1v) is 7.29. The largest absolute Gasteiger partial charge is 0.325 e. The van der Waals surface area contributed by atoms with Gasteiger partial charge in [0, 0.05) is 12.1 Å². The minimum Gasteiger partial charge on any atom is -0.325 e. The lowest BCUT2D eigenvalue weighted by Crippen LogP contribution is -2.36. The molecule has 1 aliphatic carbocycles. The molecule has 1 aliphatic heterocycles. The molecular formula is C16H24N2. The van der Waals surface area contributed by atoms with Gasteiger partial charge in [0.05, 0.1) is 0 Å². The van der Waals surface area contributed by atoms with Gasteiger partial charge in [-0.2, -0.15) is 0 Å². The number of hydrogen-bond acceptors (Lipinski definition) is 2. The fourth-order valence-corrected chi connectivity index (χ4v) is 3.13. The first kappa shape index (κ1) is 12.2. The minimum absolute atomic E-state index is 0.242. The molecule has 1 aromatic carbocycles. The molecule has 1 saturated carbocycles. The molecule has 2 N–H and O–H groups in total. The summed E-state index contributed by atoms with van der Waals surface area (Å²) in [5, 5.41) is 0. The van der Waals surface area contributed by atoms with Crippen LogP contribution in [0.1, 0.15) is 37.7 Å². The third-order valence-corrected chi connectivity index (χ3v) is 4.54. The molecule has 0 radical (unpaired) electrons. The van der Waals surface area contributed by atoms with E-state index in [-0.39, 0.29) is 5.54 Å². The number of benzene rings is 1. The molecule has 0 unspecified atom stereocenters. The van der Waals surface area contributed by atoms with E-state index in [2.05, 4.69) is 35.2 Å². The van der Waals surface area contributed by atoms with Crippen LogP contribution in [0.4, 0.5) is 0 Å². The summed E-state index contributed by atoms with van der Waals surface area (Å²) < 4.78 is 0. The van der Waals surface area contributed by atoms with Crippen molar-refractivity contribution < 1.29 is 0 Å². The predicted octanol–water partition coefficient (Wildman–Crippen LogP) is 2.78. The molecule has 2 fully saturated rings. The van der Waals surface area contributed by atoms with Crippen LogP contribution in [-0.2, 0) is 6.54 Å². The Labute approximate surface area is 110 Å². The van der Waals surface area contributed by atoms with Gasteiger partial charge in [0.15, 0.2) is 0 Å². The molecule has 98 valence electrons. The van der Waals surface area contributed by atoms with Crippen LogP contribution in [0.25, 0.3) is 0 Å². The van der Waals surface area contributed by atoms with Crippen molar-refractivity contribution in [1.29, 1.82) is 0 Å². The van der Waals surface area contributed by atoms with Crippen LogP contribution in [0.2, 0.25) is 0 Å². The lowest BCUT2D eigenvalue weighted by atomic mass is 9.89. The van der Waals surface area contributed by atoms with E-state index in [0.717, 1.165) is 12.5 Å². The number of likely N-dealkylation sites (tertiary alicyclic amines) is 1. The van der Waals surface area contributed by atoms with Crippen molar-refractivity contribution in [3.63, 3.8) is 0 Å². The topological polar surface area (TPSA) is 29.3 Å².